The van der Waals surface area contributed by atoms with Crippen LogP contribution in [0.5, 0.6) is 0 Å². The van der Waals surface area contributed by atoms with Crippen LogP contribution in [-0.4, -0.2) is 18.5 Å². The largest absolute Gasteiger partial charge is 0.368 e. The van der Waals surface area contributed by atoms with E-state index < -0.39 is 0 Å². The molecule has 3 heteroatoms. The smallest absolute Gasteiger partial charge is 0.234 e. The van der Waals surface area contributed by atoms with Gasteiger partial charge < -0.3 is 11.1 Å². The second-order valence-corrected chi connectivity index (χ2v) is 3.60. The molecule has 0 aromatic rings. The van der Waals surface area contributed by atoms with Crippen LogP contribution in [-0.2, 0) is 4.79 Å². The molecule has 13 heavy (non-hydrogen) atoms. The van der Waals surface area contributed by atoms with E-state index in [4.69, 9.17) is 5.73 Å². The van der Waals surface area contributed by atoms with Crippen molar-refractivity contribution in [2.75, 3.05) is 6.54 Å². The zero-order chi connectivity index (χ0) is 10.3. The Morgan fingerprint density at radius 2 is 2.00 bits per heavy atom. The van der Waals surface area contributed by atoms with Gasteiger partial charge in [-0.25, -0.2) is 0 Å². The summed E-state index contributed by atoms with van der Waals surface area (Å²) in [5.41, 5.74) is 5.31. The van der Waals surface area contributed by atoms with Gasteiger partial charge in [0.25, 0.3) is 0 Å². The van der Waals surface area contributed by atoms with Crippen LogP contribution in [0.25, 0.3) is 0 Å². The Morgan fingerprint density at radius 3 is 2.38 bits per heavy atom. The van der Waals surface area contributed by atoms with Gasteiger partial charge >= 0.3 is 0 Å². The molecule has 0 spiro atoms. The molecule has 0 rings (SSSR count). The van der Waals surface area contributed by atoms with Gasteiger partial charge in [-0.1, -0.05) is 27.2 Å². The quantitative estimate of drug-likeness (QED) is 0.629. The molecule has 0 fully saturated rings. The fourth-order valence-electron chi connectivity index (χ4n) is 1.50. The maximum absolute atomic E-state index is 11.1. The van der Waals surface area contributed by atoms with Crippen LogP contribution in [0.15, 0.2) is 0 Å². The molecule has 0 saturated carbocycles. The molecule has 0 aromatic carbocycles. The molecule has 0 aliphatic heterocycles. The van der Waals surface area contributed by atoms with E-state index in [1.54, 1.807) is 0 Å². The van der Waals surface area contributed by atoms with Gasteiger partial charge in [-0.2, -0.15) is 0 Å². The highest BCUT2D eigenvalue weighted by molar-refractivity contribution is 5.80. The standard InChI is InChI=1S/C10H22N2O/c1-4-6-8(3)9(10(11)13)12-7-5-2/h8-9,12H,4-7H2,1-3H3,(H2,11,13). The lowest BCUT2D eigenvalue weighted by Crippen LogP contribution is -2.46. The van der Waals surface area contributed by atoms with E-state index in [0.717, 1.165) is 25.8 Å². The van der Waals surface area contributed by atoms with Crippen LogP contribution in [0.3, 0.4) is 0 Å². The maximum atomic E-state index is 11.1. The van der Waals surface area contributed by atoms with E-state index in [9.17, 15) is 4.79 Å². The first-order chi connectivity index (χ1) is 6.13. The molecule has 0 aromatic heterocycles. The van der Waals surface area contributed by atoms with Crippen molar-refractivity contribution in [2.45, 2.75) is 46.1 Å². The van der Waals surface area contributed by atoms with Crippen molar-refractivity contribution < 1.29 is 4.79 Å². The molecule has 0 bridgehead atoms. The maximum Gasteiger partial charge on any atom is 0.234 e. The fourth-order valence-corrected chi connectivity index (χ4v) is 1.50. The van der Waals surface area contributed by atoms with Crippen molar-refractivity contribution in [1.82, 2.24) is 5.32 Å². The SMILES string of the molecule is CCCNC(C(N)=O)C(C)CCC. The summed E-state index contributed by atoms with van der Waals surface area (Å²) in [5, 5.41) is 3.18. The highest BCUT2D eigenvalue weighted by Gasteiger charge is 2.20. The third kappa shape index (κ3) is 4.88. The van der Waals surface area contributed by atoms with Crippen molar-refractivity contribution in [1.29, 1.82) is 0 Å². The minimum atomic E-state index is -0.227. The van der Waals surface area contributed by atoms with E-state index in [1.807, 2.05) is 0 Å². The molecule has 1 amide bonds. The van der Waals surface area contributed by atoms with E-state index in [1.165, 1.54) is 0 Å². The Labute approximate surface area is 81.1 Å². The van der Waals surface area contributed by atoms with Crippen molar-refractivity contribution >= 4 is 5.91 Å². The lowest BCUT2D eigenvalue weighted by Gasteiger charge is -2.21. The first-order valence-electron chi connectivity index (χ1n) is 5.16. The zero-order valence-electron chi connectivity index (χ0n) is 8.97. The Balaban J connectivity index is 3.99. The van der Waals surface area contributed by atoms with Gasteiger partial charge in [0.2, 0.25) is 5.91 Å². The van der Waals surface area contributed by atoms with Gasteiger partial charge in [0.1, 0.15) is 0 Å². The van der Waals surface area contributed by atoms with Gasteiger partial charge in [-0.15, -0.1) is 0 Å². The third-order valence-electron chi connectivity index (χ3n) is 2.23. The second kappa shape index (κ2) is 6.89. The first kappa shape index (κ1) is 12.4. The summed E-state index contributed by atoms with van der Waals surface area (Å²) in [7, 11) is 0. The molecular weight excluding hydrogens is 164 g/mol. The Kier molecular flexibility index (Phi) is 6.59. The van der Waals surface area contributed by atoms with Gasteiger partial charge in [-0.05, 0) is 25.3 Å². The summed E-state index contributed by atoms with van der Waals surface area (Å²) in [6.07, 6.45) is 3.17. The summed E-state index contributed by atoms with van der Waals surface area (Å²) < 4.78 is 0. The number of rotatable bonds is 7. The van der Waals surface area contributed by atoms with Crippen molar-refractivity contribution in [3.8, 4) is 0 Å². The molecular formula is C10H22N2O. The summed E-state index contributed by atoms with van der Waals surface area (Å²) in [5.74, 6) is 0.114. The Hall–Kier alpha value is -0.570. The number of nitrogens with two attached hydrogens (primary N) is 1. The van der Waals surface area contributed by atoms with Crippen LogP contribution in [0.1, 0.15) is 40.0 Å². The number of primary amides is 1. The summed E-state index contributed by atoms with van der Waals surface area (Å²) in [6.45, 7) is 7.13. The van der Waals surface area contributed by atoms with Crippen molar-refractivity contribution in [3.63, 3.8) is 0 Å². The zero-order valence-corrected chi connectivity index (χ0v) is 8.97. The molecule has 78 valence electrons. The van der Waals surface area contributed by atoms with Crippen LogP contribution < -0.4 is 11.1 Å². The van der Waals surface area contributed by atoms with Crippen LogP contribution >= 0.6 is 0 Å². The topological polar surface area (TPSA) is 55.1 Å². The molecule has 0 saturated heterocycles. The second-order valence-electron chi connectivity index (χ2n) is 3.60. The number of nitrogens with one attached hydrogen (secondary N) is 1. The Bertz CT molecular complexity index is 148. The van der Waals surface area contributed by atoms with Crippen molar-refractivity contribution in [2.24, 2.45) is 11.7 Å². The number of hydrogen-bond acceptors (Lipinski definition) is 2. The van der Waals surface area contributed by atoms with E-state index in [-0.39, 0.29) is 11.9 Å². The number of carbonyl (C=O) groups is 1. The number of amides is 1. The number of carbonyl (C=O) groups excluding carboxylic acids is 1. The number of hydrogen-bond donors (Lipinski definition) is 2. The molecule has 0 aliphatic rings. The van der Waals surface area contributed by atoms with Gasteiger partial charge in [0, 0.05) is 0 Å². The molecule has 0 heterocycles. The highest BCUT2D eigenvalue weighted by Crippen LogP contribution is 2.10. The summed E-state index contributed by atoms with van der Waals surface area (Å²) in [4.78, 5) is 11.1. The van der Waals surface area contributed by atoms with Gasteiger partial charge in [0.15, 0.2) is 0 Å². The molecule has 0 radical (unpaired) electrons. The fraction of sp³-hybridized carbons (Fsp3) is 0.900. The molecule has 3 nitrogen and oxygen atoms in total. The van der Waals surface area contributed by atoms with Gasteiger partial charge in [0.05, 0.1) is 6.04 Å². The Morgan fingerprint density at radius 1 is 1.38 bits per heavy atom. The van der Waals surface area contributed by atoms with Crippen LogP contribution in [0.2, 0.25) is 0 Å². The first-order valence-corrected chi connectivity index (χ1v) is 5.16. The van der Waals surface area contributed by atoms with Crippen LogP contribution in [0, 0.1) is 5.92 Å². The average molecular weight is 186 g/mol. The van der Waals surface area contributed by atoms with Crippen LogP contribution in [0.4, 0.5) is 0 Å². The van der Waals surface area contributed by atoms with Crippen molar-refractivity contribution in [3.05, 3.63) is 0 Å². The molecule has 0 aliphatic carbocycles. The third-order valence-corrected chi connectivity index (χ3v) is 2.23. The predicted molar refractivity (Wildman–Crippen MR) is 55.3 cm³/mol. The summed E-state index contributed by atoms with van der Waals surface area (Å²) >= 11 is 0. The normalized spacial score (nSPS) is 15.3. The van der Waals surface area contributed by atoms with E-state index in [2.05, 4.69) is 26.1 Å². The summed E-state index contributed by atoms with van der Waals surface area (Å²) in [6, 6.07) is -0.153. The highest BCUT2D eigenvalue weighted by atomic mass is 16.1. The minimum Gasteiger partial charge on any atom is -0.368 e. The molecule has 3 N–H and O–H groups in total. The van der Waals surface area contributed by atoms with E-state index in [0.29, 0.717) is 5.92 Å². The predicted octanol–water partition coefficient (Wildman–Crippen LogP) is 1.28. The average Bonchev–Trinajstić information content (AvgIpc) is 2.05. The minimum absolute atomic E-state index is 0.153. The molecule has 2 unspecified atom stereocenters. The lowest BCUT2D eigenvalue weighted by molar-refractivity contribution is -0.121. The molecule has 2 atom stereocenters. The lowest BCUT2D eigenvalue weighted by atomic mass is 9.96. The monoisotopic (exact) mass is 186 g/mol. The van der Waals surface area contributed by atoms with E-state index >= 15 is 0 Å². The van der Waals surface area contributed by atoms with Gasteiger partial charge in [-0.3, -0.25) is 4.79 Å².